The first-order valence-corrected chi connectivity index (χ1v) is 9.31. The Hall–Kier alpha value is -4.13. The number of carbonyl (C=O) groups is 1. The first kappa shape index (κ1) is 19.2. The predicted molar refractivity (Wildman–Crippen MR) is 113 cm³/mol. The Balaban J connectivity index is 1.63. The maximum absolute atomic E-state index is 13.4. The van der Waals surface area contributed by atoms with E-state index in [2.05, 4.69) is 25.6 Å². The third kappa shape index (κ3) is 4.82. The van der Waals surface area contributed by atoms with Crippen molar-refractivity contribution in [2.45, 2.75) is 6.54 Å². The Morgan fingerprint density at radius 1 is 0.933 bits per heavy atom. The molecule has 6 nitrogen and oxygen atoms in total. The van der Waals surface area contributed by atoms with Gasteiger partial charge in [-0.1, -0.05) is 42.5 Å². The molecule has 0 unspecified atom stereocenters. The van der Waals surface area contributed by atoms with Gasteiger partial charge in [0.15, 0.2) is 5.82 Å². The van der Waals surface area contributed by atoms with Crippen LogP contribution in [0.3, 0.4) is 0 Å². The first-order valence-electron chi connectivity index (χ1n) is 9.31. The molecule has 4 rings (SSSR count). The molecular formula is C23H18FN5O. The van der Waals surface area contributed by atoms with Crippen LogP contribution < -0.4 is 10.6 Å². The van der Waals surface area contributed by atoms with Crippen molar-refractivity contribution < 1.29 is 9.18 Å². The van der Waals surface area contributed by atoms with Gasteiger partial charge in [0.05, 0.1) is 0 Å². The fourth-order valence-corrected chi connectivity index (χ4v) is 2.83. The molecule has 2 aromatic carbocycles. The van der Waals surface area contributed by atoms with Gasteiger partial charge < -0.3 is 10.6 Å². The van der Waals surface area contributed by atoms with Gasteiger partial charge in [-0.25, -0.2) is 14.4 Å². The van der Waals surface area contributed by atoms with Gasteiger partial charge in [-0.2, -0.15) is 0 Å². The van der Waals surface area contributed by atoms with Crippen LogP contribution in [0.15, 0.2) is 85.2 Å². The minimum atomic E-state index is -0.454. The number of benzene rings is 2. The number of nitrogens with one attached hydrogen (secondary N) is 2. The molecule has 0 aliphatic heterocycles. The van der Waals surface area contributed by atoms with Crippen molar-refractivity contribution in [3.05, 3.63) is 102 Å². The number of nitrogens with zero attached hydrogens (tertiary/aromatic N) is 3. The summed E-state index contributed by atoms with van der Waals surface area (Å²) in [6, 6.07) is 20.4. The molecule has 0 saturated heterocycles. The van der Waals surface area contributed by atoms with Crippen molar-refractivity contribution in [2.75, 3.05) is 10.6 Å². The Morgan fingerprint density at radius 2 is 1.80 bits per heavy atom. The van der Waals surface area contributed by atoms with E-state index in [1.807, 2.05) is 42.5 Å². The van der Waals surface area contributed by atoms with Crippen LogP contribution in [0.5, 0.6) is 0 Å². The van der Waals surface area contributed by atoms with E-state index in [4.69, 9.17) is 0 Å². The number of hydrogen-bond acceptors (Lipinski definition) is 5. The van der Waals surface area contributed by atoms with Crippen molar-refractivity contribution in [3.63, 3.8) is 0 Å². The van der Waals surface area contributed by atoms with E-state index >= 15 is 0 Å². The number of rotatable bonds is 6. The highest BCUT2D eigenvalue weighted by Gasteiger charge is 2.14. The summed E-state index contributed by atoms with van der Waals surface area (Å²) < 4.78 is 13.4. The summed E-state index contributed by atoms with van der Waals surface area (Å²) in [4.78, 5) is 25.8. The maximum atomic E-state index is 13.4. The number of amides is 1. The average Bonchev–Trinajstić information content (AvgIpc) is 2.79. The molecule has 0 fully saturated rings. The minimum Gasteiger partial charge on any atom is -0.366 e. The molecule has 0 spiro atoms. The molecule has 2 N–H and O–H groups in total. The van der Waals surface area contributed by atoms with E-state index < -0.39 is 11.7 Å². The molecule has 2 aromatic heterocycles. The lowest BCUT2D eigenvalue weighted by atomic mass is 10.2. The lowest BCUT2D eigenvalue weighted by Gasteiger charge is -2.11. The van der Waals surface area contributed by atoms with Gasteiger partial charge in [0.25, 0.3) is 5.91 Å². The molecule has 4 aromatic rings. The zero-order valence-corrected chi connectivity index (χ0v) is 15.9. The third-order valence-electron chi connectivity index (χ3n) is 4.27. The van der Waals surface area contributed by atoms with Crippen molar-refractivity contribution in [1.29, 1.82) is 0 Å². The molecule has 30 heavy (non-hydrogen) atoms. The van der Waals surface area contributed by atoms with Gasteiger partial charge in [-0.3, -0.25) is 9.78 Å². The van der Waals surface area contributed by atoms with Gasteiger partial charge in [-0.05, 0) is 29.8 Å². The normalized spacial score (nSPS) is 10.4. The van der Waals surface area contributed by atoms with Crippen LogP contribution in [0.25, 0.3) is 11.4 Å². The molecular weight excluding hydrogens is 381 g/mol. The van der Waals surface area contributed by atoms with Crippen LogP contribution in [-0.4, -0.2) is 20.9 Å². The summed E-state index contributed by atoms with van der Waals surface area (Å²) in [6.07, 6.45) is 3.46. The van der Waals surface area contributed by atoms with Crippen molar-refractivity contribution in [2.24, 2.45) is 0 Å². The number of hydrogen-bond donors (Lipinski definition) is 2. The van der Waals surface area contributed by atoms with E-state index in [9.17, 15) is 9.18 Å². The van der Waals surface area contributed by atoms with Gasteiger partial charge in [0.1, 0.15) is 17.3 Å². The molecule has 2 heterocycles. The standard InChI is InChI=1S/C23H18FN5O/c24-18-9-4-10-19(12-18)27-23(30)20-13-21(26-15-16-6-5-11-25-14-16)29-22(28-20)17-7-2-1-3-8-17/h1-14H,15H2,(H,27,30)(H,26,28,29). The van der Waals surface area contributed by atoms with Crippen LogP contribution in [0, 0.1) is 5.82 Å². The summed E-state index contributed by atoms with van der Waals surface area (Å²) in [5, 5.41) is 5.88. The topological polar surface area (TPSA) is 79.8 Å². The highest BCUT2D eigenvalue weighted by Crippen LogP contribution is 2.19. The fraction of sp³-hybridized carbons (Fsp3) is 0.0435. The lowest BCUT2D eigenvalue weighted by molar-refractivity contribution is 0.102. The summed E-state index contributed by atoms with van der Waals surface area (Å²) in [6.45, 7) is 0.490. The first-order chi connectivity index (χ1) is 14.7. The zero-order chi connectivity index (χ0) is 20.8. The molecule has 0 saturated carbocycles. The van der Waals surface area contributed by atoms with Crippen molar-refractivity contribution >= 4 is 17.4 Å². The van der Waals surface area contributed by atoms with E-state index in [1.54, 1.807) is 24.5 Å². The van der Waals surface area contributed by atoms with E-state index in [0.717, 1.165) is 11.1 Å². The van der Waals surface area contributed by atoms with Gasteiger partial charge in [0.2, 0.25) is 0 Å². The van der Waals surface area contributed by atoms with Gasteiger partial charge in [-0.15, -0.1) is 0 Å². The van der Waals surface area contributed by atoms with E-state index in [-0.39, 0.29) is 5.69 Å². The molecule has 0 aliphatic rings. The number of anilines is 2. The molecule has 0 aliphatic carbocycles. The second kappa shape index (κ2) is 8.91. The average molecular weight is 399 g/mol. The predicted octanol–water partition coefficient (Wildman–Crippen LogP) is 4.54. The monoisotopic (exact) mass is 399 g/mol. The van der Waals surface area contributed by atoms with Gasteiger partial charge >= 0.3 is 0 Å². The number of carbonyl (C=O) groups excluding carboxylic acids is 1. The maximum Gasteiger partial charge on any atom is 0.274 e. The Labute approximate surface area is 172 Å². The van der Waals surface area contributed by atoms with E-state index in [1.165, 1.54) is 18.2 Å². The molecule has 0 atom stereocenters. The molecule has 7 heteroatoms. The summed E-state index contributed by atoms with van der Waals surface area (Å²) >= 11 is 0. The highest BCUT2D eigenvalue weighted by molar-refractivity contribution is 6.03. The SMILES string of the molecule is O=C(Nc1cccc(F)c1)c1cc(NCc2cccnc2)nc(-c2ccccc2)n1. The molecule has 148 valence electrons. The molecule has 0 bridgehead atoms. The lowest BCUT2D eigenvalue weighted by Crippen LogP contribution is -2.16. The van der Waals surface area contributed by atoms with Gasteiger partial charge in [0, 0.05) is 36.3 Å². The number of halogens is 1. The third-order valence-corrected chi connectivity index (χ3v) is 4.27. The molecule has 0 radical (unpaired) electrons. The van der Waals surface area contributed by atoms with Crippen LogP contribution in [0.1, 0.15) is 16.1 Å². The van der Waals surface area contributed by atoms with Crippen LogP contribution >= 0.6 is 0 Å². The van der Waals surface area contributed by atoms with Crippen LogP contribution in [0.4, 0.5) is 15.9 Å². The largest absolute Gasteiger partial charge is 0.366 e. The fourth-order valence-electron chi connectivity index (χ4n) is 2.83. The van der Waals surface area contributed by atoms with Crippen molar-refractivity contribution in [1.82, 2.24) is 15.0 Å². The Kier molecular flexibility index (Phi) is 5.70. The van der Waals surface area contributed by atoms with Crippen LogP contribution in [0.2, 0.25) is 0 Å². The minimum absolute atomic E-state index is 0.168. The number of pyridine rings is 1. The summed E-state index contributed by atoms with van der Waals surface area (Å²) in [5.74, 6) is 0.0252. The second-order valence-corrected chi connectivity index (χ2v) is 6.51. The smallest absolute Gasteiger partial charge is 0.274 e. The zero-order valence-electron chi connectivity index (χ0n) is 15.9. The highest BCUT2D eigenvalue weighted by atomic mass is 19.1. The number of aromatic nitrogens is 3. The Bertz CT molecular complexity index is 1150. The van der Waals surface area contributed by atoms with Crippen molar-refractivity contribution in [3.8, 4) is 11.4 Å². The van der Waals surface area contributed by atoms with Crippen LogP contribution in [-0.2, 0) is 6.54 Å². The summed E-state index contributed by atoms with van der Waals surface area (Å²) in [7, 11) is 0. The quantitative estimate of drug-likeness (QED) is 0.498. The molecule has 1 amide bonds. The van der Waals surface area contributed by atoms with E-state index in [0.29, 0.717) is 23.9 Å². The summed E-state index contributed by atoms with van der Waals surface area (Å²) in [5.41, 5.74) is 2.28. The second-order valence-electron chi connectivity index (χ2n) is 6.51. The Morgan fingerprint density at radius 3 is 2.57 bits per heavy atom.